The summed E-state index contributed by atoms with van der Waals surface area (Å²) < 4.78 is 1.68. The molecule has 0 saturated heterocycles. The largest absolute Gasteiger partial charge is 0.338 e. The lowest BCUT2D eigenvalue weighted by molar-refractivity contribution is -0.384. The molecule has 0 radical (unpaired) electrons. The molecule has 0 spiro atoms. The summed E-state index contributed by atoms with van der Waals surface area (Å²) in [6, 6.07) is 6.01. The molecule has 0 aliphatic carbocycles. The van der Waals surface area contributed by atoms with Crippen molar-refractivity contribution in [3.05, 3.63) is 64.0 Å². The fourth-order valence-corrected chi connectivity index (χ4v) is 1.91. The van der Waals surface area contributed by atoms with Gasteiger partial charge in [0.25, 0.3) is 5.69 Å². The third-order valence-electron chi connectivity index (χ3n) is 3.08. The van der Waals surface area contributed by atoms with Gasteiger partial charge in [0.05, 0.1) is 11.1 Å². The van der Waals surface area contributed by atoms with Crippen molar-refractivity contribution in [2.45, 2.75) is 6.54 Å². The van der Waals surface area contributed by atoms with Crippen LogP contribution in [0.2, 0.25) is 0 Å². The Hall–Kier alpha value is -2.96. The van der Waals surface area contributed by atoms with Gasteiger partial charge in [-0.15, -0.1) is 0 Å². The number of non-ortho nitro benzene ring substituents is 1. The lowest BCUT2D eigenvalue weighted by Gasteiger charge is -2.13. The van der Waals surface area contributed by atoms with Crippen LogP contribution in [0.5, 0.6) is 0 Å². The number of nitro benzene ring substituents is 1. The molecule has 0 atom stereocenters. The monoisotopic (exact) mass is 300 g/mol. The number of carbonyl (C=O) groups is 1. The smallest absolute Gasteiger partial charge is 0.269 e. The lowest BCUT2D eigenvalue weighted by Crippen LogP contribution is -2.23. The third kappa shape index (κ3) is 4.02. The standard InChI is InChI=1S/C15H16N4O3/c1-17(10-13-9-16-18(2)11-13)15(20)8-5-12-3-6-14(7-4-12)19(21)22/h3-9,11H,10H2,1-2H3/b8-5+. The minimum Gasteiger partial charge on any atom is -0.338 e. The maximum Gasteiger partial charge on any atom is 0.269 e. The summed E-state index contributed by atoms with van der Waals surface area (Å²) in [4.78, 5) is 23.7. The van der Waals surface area contributed by atoms with E-state index in [1.807, 2.05) is 13.2 Å². The van der Waals surface area contributed by atoms with E-state index in [9.17, 15) is 14.9 Å². The quantitative estimate of drug-likeness (QED) is 0.480. The topological polar surface area (TPSA) is 81.3 Å². The molecule has 1 aromatic carbocycles. The summed E-state index contributed by atoms with van der Waals surface area (Å²) in [7, 11) is 3.52. The predicted molar refractivity (Wildman–Crippen MR) is 81.8 cm³/mol. The van der Waals surface area contributed by atoms with Crippen molar-refractivity contribution >= 4 is 17.7 Å². The van der Waals surface area contributed by atoms with Crippen molar-refractivity contribution in [3.63, 3.8) is 0 Å². The molecule has 2 aromatic rings. The molecule has 0 bridgehead atoms. The van der Waals surface area contributed by atoms with Crippen LogP contribution in [-0.2, 0) is 18.4 Å². The van der Waals surface area contributed by atoms with Crippen LogP contribution in [-0.4, -0.2) is 32.6 Å². The van der Waals surface area contributed by atoms with Crippen LogP contribution in [0.3, 0.4) is 0 Å². The number of aromatic nitrogens is 2. The van der Waals surface area contributed by atoms with Gasteiger partial charge in [0.2, 0.25) is 5.91 Å². The molecule has 1 heterocycles. The molecule has 2 rings (SSSR count). The van der Waals surface area contributed by atoms with Gasteiger partial charge in [0.15, 0.2) is 0 Å². The molecule has 0 saturated carbocycles. The van der Waals surface area contributed by atoms with Crippen LogP contribution < -0.4 is 0 Å². The number of carbonyl (C=O) groups excluding carboxylic acids is 1. The highest BCUT2D eigenvalue weighted by Gasteiger charge is 2.07. The Bertz CT molecular complexity index is 704. The van der Waals surface area contributed by atoms with Gasteiger partial charge in [-0.2, -0.15) is 5.10 Å². The molecule has 1 amide bonds. The maximum atomic E-state index is 12.0. The van der Waals surface area contributed by atoms with E-state index in [2.05, 4.69) is 5.10 Å². The molecule has 0 aliphatic heterocycles. The van der Waals surface area contributed by atoms with Crippen LogP contribution in [0.25, 0.3) is 6.08 Å². The van der Waals surface area contributed by atoms with E-state index in [0.29, 0.717) is 6.54 Å². The van der Waals surface area contributed by atoms with Crippen LogP contribution in [0.4, 0.5) is 5.69 Å². The Kier molecular flexibility index (Phi) is 4.67. The van der Waals surface area contributed by atoms with E-state index in [1.165, 1.54) is 18.2 Å². The van der Waals surface area contributed by atoms with E-state index in [4.69, 9.17) is 0 Å². The zero-order valence-corrected chi connectivity index (χ0v) is 12.3. The molecular weight excluding hydrogens is 284 g/mol. The molecule has 0 fully saturated rings. The second kappa shape index (κ2) is 6.66. The molecule has 22 heavy (non-hydrogen) atoms. The van der Waals surface area contributed by atoms with Crippen LogP contribution >= 0.6 is 0 Å². The fraction of sp³-hybridized carbons (Fsp3) is 0.200. The lowest BCUT2D eigenvalue weighted by atomic mass is 10.2. The number of nitrogens with zero attached hydrogens (tertiary/aromatic N) is 4. The van der Waals surface area contributed by atoms with E-state index in [0.717, 1.165) is 11.1 Å². The predicted octanol–water partition coefficient (Wildman–Crippen LogP) is 2.00. The van der Waals surface area contributed by atoms with Gasteiger partial charge >= 0.3 is 0 Å². The number of benzene rings is 1. The number of nitro groups is 1. The van der Waals surface area contributed by atoms with Crippen molar-refractivity contribution in [2.75, 3.05) is 7.05 Å². The maximum absolute atomic E-state index is 12.0. The molecule has 1 aromatic heterocycles. The second-order valence-electron chi connectivity index (χ2n) is 4.90. The summed E-state index contributed by atoms with van der Waals surface area (Å²) in [5.41, 5.74) is 1.70. The summed E-state index contributed by atoms with van der Waals surface area (Å²) in [6.07, 6.45) is 6.64. The summed E-state index contributed by atoms with van der Waals surface area (Å²) in [6.45, 7) is 0.470. The van der Waals surface area contributed by atoms with Crippen LogP contribution in [0, 0.1) is 10.1 Å². The first-order valence-corrected chi connectivity index (χ1v) is 6.61. The van der Waals surface area contributed by atoms with Gasteiger partial charge < -0.3 is 4.90 Å². The Labute approximate surface area is 127 Å². The Morgan fingerprint density at radius 3 is 2.64 bits per heavy atom. The van der Waals surface area contributed by atoms with E-state index in [-0.39, 0.29) is 11.6 Å². The Morgan fingerprint density at radius 2 is 2.09 bits per heavy atom. The fourth-order valence-electron chi connectivity index (χ4n) is 1.91. The van der Waals surface area contributed by atoms with Gasteiger partial charge in [0, 0.05) is 50.6 Å². The van der Waals surface area contributed by atoms with Gasteiger partial charge in [-0.25, -0.2) is 0 Å². The highest BCUT2D eigenvalue weighted by Crippen LogP contribution is 2.13. The van der Waals surface area contributed by atoms with Gasteiger partial charge in [-0.05, 0) is 23.8 Å². The number of amides is 1. The number of hydrogen-bond donors (Lipinski definition) is 0. The van der Waals surface area contributed by atoms with Crippen molar-refractivity contribution in [1.29, 1.82) is 0 Å². The summed E-state index contributed by atoms with van der Waals surface area (Å²) >= 11 is 0. The summed E-state index contributed by atoms with van der Waals surface area (Å²) in [5.74, 6) is -0.151. The highest BCUT2D eigenvalue weighted by molar-refractivity contribution is 5.91. The number of rotatable bonds is 5. The van der Waals surface area contributed by atoms with Crippen molar-refractivity contribution in [2.24, 2.45) is 7.05 Å². The average Bonchev–Trinajstić information content (AvgIpc) is 2.90. The first kappa shape index (κ1) is 15.4. The number of likely N-dealkylation sites (N-methyl/N-ethyl adjacent to an activating group) is 1. The molecular formula is C15H16N4O3. The minimum absolute atomic E-state index is 0.0252. The normalized spacial score (nSPS) is 10.8. The van der Waals surface area contributed by atoms with Gasteiger partial charge in [-0.3, -0.25) is 19.6 Å². The first-order valence-electron chi connectivity index (χ1n) is 6.61. The Balaban J connectivity index is 1.96. The zero-order valence-electron chi connectivity index (χ0n) is 12.3. The highest BCUT2D eigenvalue weighted by atomic mass is 16.6. The van der Waals surface area contributed by atoms with E-state index >= 15 is 0 Å². The number of hydrogen-bond acceptors (Lipinski definition) is 4. The van der Waals surface area contributed by atoms with Crippen LogP contribution in [0.15, 0.2) is 42.7 Å². The van der Waals surface area contributed by atoms with E-state index < -0.39 is 4.92 Å². The first-order chi connectivity index (χ1) is 10.5. The summed E-state index contributed by atoms with van der Waals surface area (Å²) in [5, 5.41) is 14.6. The molecule has 0 aliphatic rings. The van der Waals surface area contributed by atoms with Crippen molar-refractivity contribution in [1.82, 2.24) is 14.7 Å². The van der Waals surface area contributed by atoms with Gasteiger partial charge in [0.1, 0.15) is 0 Å². The molecule has 7 heteroatoms. The second-order valence-corrected chi connectivity index (χ2v) is 4.90. The third-order valence-corrected chi connectivity index (χ3v) is 3.08. The molecule has 7 nitrogen and oxygen atoms in total. The number of aryl methyl sites for hydroxylation is 1. The molecule has 0 unspecified atom stereocenters. The zero-order chi connectivity index (χ0) is 16.1. The van der Waals surface area contributed by atoms with E-state index in [1.54, 1.807) is 41.0 Å². The van der Waals surface area contributed by atoms with Crippen molar-refractivity contribution in [3.8, 4) is 0 Å². The van der Waals surface area contributed by atoms with Crippen molar-refractivity contribution < 1.29 is 9.72 Å². The Morgan fingerprint density at radius 1 is 1.41 bits per heavy atom. The average molecular weight is 300 g/mol. The van der Waals surface area contributed by atoms with Crippen LogP contribution in [0.1, 0.15) is 11.1 Å². The molecule has 114 valence electrons. The van der Waals surface area contributed by atoms with Gasteiger partial charge in [-0.1, -0.05) is 0 Å². The minimum atomic E-state index is -0.458. The molecule has 0 N–H and O–H groups in total. The SMILES string of the molecule is CN(Cc1cnn(C)c1)C(=O)/C=C/c1ccc([N+](=O)[O-])cc1.